The number of aliphatic hydroxyl groups excluding tert-OH is 1. The van der Waals surface area contributed by atoms with E-state index in [1.165, 1.54) is 154 Å². The maximum absolute atomic E-state index is 13.1. The molecule has 3 N–H and O–H groups in total. The minimum Gasteiger partial charge on any atom is -0.462 e. The van der Waals surface area contributed by atoms with Gasteiger partial charge in [-0.2, -0.15) is 0 Å². The molecular weight excluding hydrogens is 1250 g/mol. The van der Waals surface area contributed by atoms with Gasteiger partial charge in [-0.3, -0.25) is 37.3 Å². The molecule has 0 aromatic heterocycles. The molecule has 0 fully saturated rings. The van der Waals surface area contributed by atoms with Crippen molar-refractivity contribution in [3.05, 3.63) is 24.3 Å². The number of hydrogen-bond donors (Lipinski definition) is 3. The fourth-order valence-electron chi connectivity index (χ4n) is 11.0. The van der Waals surface area contributed by atoms with Crippen molar-refractivity contribution < 1.29 is 80.2 Å². The van der Waals surface area contributed by atoms with Crippen molar-refractivity contribution >= 4 is 39.5 Å². The summed E-state index contributed by atoms with van der Waals surface area (Å²) in [6.07, 6.45) is 54.9. The number of esters is 4. The van der Waals surface area contributed by atoms with Gasteiger partial charge in [0, 0.05) is 25.7 Å². The van der Waals surface area contributed by atoms with Crippen LogP contribution >= 0.6 is 15.6 Å². The summed E-state index contributed by atoms with van der Waals surface area (Å²) in [5, 5.41) is 10.6. The van der Waals surface area contributed by atoms with Gasteiger partial charge < -0.3 is 33.8 Å². The number of carbonyl (C=O) groups excluding carboxylic acids is 4. The van der Waals surface area contributed by atoms with Gasteiger partial charge in [-0.25, -0.2) is 9.13 Å². The second-order valence-electron chi connectivity index (χ2n) is 27.9. The summed E-state index contributed by atoms with van der Waals surface area (Å²) >= 11 is 0. The first-order chi connectivity index (χ1) is 45.8. The van der Waals surface area contributed by atoms with E-state index in [9.17, 15) is 43.2 Å². The zero-order valence-electron chi connectivity index (χ0n) is 61.6. The highest BCUT2D eigenvalue weighted by Gasteiger charge is 2.30. The predicted molar refractivity (Wildman–Crippen MR) is 386 cm³/mol. The average molecular weight is 1390 g/mol. The monoisotopic (exact) mass is 1390 g/mol. The molecule has 0 spiro atoms. The first kappa shape index (κ1) is 92.5. The van der Waals surface area contributed by atoms with Crippen LogP contribution in [0.3, 0.4) is 0 Å². The fourth-order valence-corrected chi connectivity index (χ4v) is 12.6. The molecule has 0 aliphatic heterocycles. The van der Waals surface area contributed by atoms with Gasteiger partial charge in [-0.05, 0) is 69.1 Å². The lowest BCUT2D eigenvalue weighted by atomic mass is 10.00. The Morgan fingerprint density at radius 3 is 0.937 bits per heavy atom. The van der Waals surface area contributed by atoms with Gasteiger partial charge in [0.1, 0.15) is 19.3 Å². The number of hydrogen-bond acceptors (Lipinski definition) is 15. The summed E-state index contributed by atoms with van der Waals surface area (Å²) < 4.78 is 68.5. The van der Waals surface area contributed by atoms with Crippen molar-refractivity contribution in [2.24, 2.45) is 17.8 Å². The Kier molecular flexibility index (Phi) is 64.4. The van der Waals surface area contributed by atoms with Gasteiger partial charge in [-0.15, -0.1) is 0 Å². The summed E-state index contributed by atoms with van der Waals surface area (Å²) in [6.45, 7) is 11.8. The standard InChI is InChI=1S/C76H144O17P2/c1-8-10-11-12-13-14-15-16-17-18-26-31-36-45-52-59-75(80)92-71(63-86-73(78)57-50-43-35-30-25-21-19-23-28-33-40-47-54-67(3)4)65-90-94(82,83)88-61-70(77)62-89-95(84,85)91-66-72(64-87-74(79)58-51-44-39-38-42-49-56-69(7)9-2)93-76(81)60-53-46-37-32-27-22-20-24-29-34-41-48-55-68(5)6/h14-17,67-72,77H,8-13,18-66H2,1-7H3,(H,82,83)(H,84,85)/b15-14-,17-16-/t69?,70-,71-,72-/m1/s1. The van der Waals surface area contributed by atoms with Crippen molar-refractivity contribution in [3.63, 3.8) is 0 Å². The lowest BCUT2D eigenvalue weighted by Gasteiger charge is -2.21. The second kappa shape index (κ2) is 66.1. The SMILES string of the molecule is CCCCCC/C=C\C=C/CCCCCCCC(=O)O[C@H](COC(=O)CCCCCCCCCCCCCCC(C)C)COP(=O)(O)OC[C@@H](O)COP(=O)(O)OC[C@@H](COC(=O)CCCCCCCCC(C)CC)OC(=O)CCCCCCCCCCCCCCC(C)C. The van der Waals surface area contributed by atoms with E-state index >= 15 is 0 Å². The molecule has 6 atom stereocenters. The van der Waals surface area contributed by atoms with E-state index in [2.05, 4.69) is 72.8 Å². The molecule has 17 nitrogen and oxygen atoms in total. The average Bonchev–Trinajstić information content (AvgIpc) is 1.61. The van der Waals surface area contributed by atoms with E-state index in [4.69, 9.17) is 37.0 Å². The Bertz CT molecular complexity index is 1950. The van der Waals surface area contributed by atoms with Crippen LogP contribution in [0.1, 0.15) is 363 Å². The number of rotatable bonds is 72. The summed E-state index contributed by atoms with van der Waals surface area (Å²) in [7, 11) is -9.93. The minimum atomic E-state index is -4.97. The number of ether oxygens (including phenoxy) is 4. The van der Waals surface area contributed by atoms with Crippen LogP contribution in [0.5, 0.6) is 0 Å². The molecule has 560 valence electrons. The first-order valence-electron chi connectivity index (χ1n) is 38.7. The molecular formula is C76H144O17P2. The molecule has 0 amide bonds. The summed E-state index contributed by atoms with van der Waals surface area (Å²) in [4.78, 5) is 72.8. The lowest BCUT2D eigenvalue weighted by molar-refractivity contribution is -0.161. The van der Waals surface area contributed by atoms with E-state index in [0.717, 1.165) is 127 Å². The third kappa shape index (κ3) is 68.5. The Balaban J connectivity index is 5.30. The Morgan fingerprint density at radius 2 is 0.621 bits per heavy atom. The number of aliphatic hydroxyl groups is 1. The maximum Gasteiger partial charge on any atom is 0.472 e. The third-order valence-corrected chi connectivity index (χ3v) is 19.3. The molecule has 3 unspecified atom stereocenters. The molecule has 0 saturated carbocycles. The quantitative estimate of drug-likeness (QED) is 0.0169. The largest absolute Gasteiger partial charge is 0.472 e. The normalized spacial score (nSPS) is 14.5. The van der Waals surface area contributed by atoms with Crippen LogP contribution in [0.4, 0.5) is 0 Å². The zero-order valence-corrected chi connectivity index (χ0v) is 63.4. The highest BCUT2D eigenvalue weighted by Crippen LogP contribution is 2.45. The smallest absolute Gasteiger partial charge is 0.462 e. The summed E-state index contributed by atoms with van der Waals surface area (Å²) in [5.41, 5.74) is 0. The molecule has 19 heteroatoms. The van der Waals surface area contributed by atoms with Crippen LogP contribution in [0.15, 0.2) is 24.3 Å². The third-order valence-electron chi connectivity index (χ3n) is 17.4. The van der Waals surface area contributed by atoms with Crippen molar-refractivity contribution in [2.75, 3.05) is 39.6 Å². The van der Waals surface area contributed by atoms with E-state index in [0.29, 0.717) is 25.7 Å². The van der Waals surface area contributed by atoms with Gasteiger partial charge in [0.05, 0.1) is 26.4 Å². The highest BCUT2D eigenvalue weighted by atomic mass is 31.2. The van der Waals surface area contributed by atoms with Crippen LogP contribution in [0.2, 0.25) is 0 Å². The lowest BCUT2D eigenvalue weighted by Crippen LogP contribution is -2.30. The fraction of sp³-hybridized carbons (Fsp3) is 0.895. The molecule has 0 rings (SSSR count). The van der Waals surface area contributed by atoms with Crippen molar-refractivity contribution in [1.82, 2.24) is 0 Å². The molecule has 95 heavy (non-hydrogen) atoms. The van der Waals surface area contributed by atoms with Gasteiger partial charge >= 0.3 is 39.5 Å². The van der Waals surface area contributed by atoms with E-state index < -0.39 is 97.5 Å². The number of carbonyl (C=O) groups is 4. The van der Waals surface area contributed by atoms with E-state index in [1.807, 2.05) is 0 Å². The molecule has 0 aromatic carbocycles. The number of phosphoric ester groups is 2. The highest BCUT2D eigenvalue weighted by molar-refractivity contribution is 7.47. The van der Waals surface area contributed by atoms with Crippen LogP contribution in [0.25, 0.3) is 0 Å². The first-order valence-corrected chi connectivity index (χ1v) is 41.7. The van der Waals surface area contributed by atoms with Crippen LogP contribution in [0, 0.1) is 17.8 Å². The number of allylic oxidation sites excluding steroid dienone is 4. The van der Waals surface area contributed by atoms with Crippen LogP contribution < -0.4 is 0 Å². The van der Waals surface area contributed by atoms with Crippen molar-refractivity contribution in [3.8, 4) is 0 Å². The summed E-state index contributed by atoms with van der Waals surface area (Å²) in [5.74, 6) is 0.135. The zero-order chi connectivity index (χ0) is 70.1. The Morgan fingerprint density at radius 1 is 0.347 bits per heavy atom. The molecule has 0 bridgehead atoms. The molecule has 0 saturated heterocycles. The van der Waals surface area contributed by atoms with E-state index in [1.54, 1.807) is 0 Å². The predicted octanol–water partition coefficient (Wildman–Crippen LogP) is 21.7. The van der Waals surface area contributed by atoms with Gasteiger partial charge in [0.25, 0.3) is 0 Å². The van der Waals surface area contributed by atoms with Crippen molar-refractivity contribution in [2.45, 2.75) is 381 Å². The van der Waals surface area contributed by atoms with Gasteiger partial charge in [0.15, 0.2) is 12.2 Å². The van der Waals surface area contributed by atoms with E-state index in [-0.39, 0.29) is 25.7 Å². The molecule has 0 heterocycles. The molecule has 0 aliphatic carbocycles. The summed E-state index contributed by atoms with van der Waals surface area (Å²) in [6, 6.07) is 0. The Hall–Kier alpha value is -2.46. The molecule has 0 radical (unpaired) electrons. The van der Waals surface area contributed by atoms with Gasteiger partial charge in [-0.1, -0.05) is 310 Å². The Labute approximate surface area is 580 Å². The van der Waals surface area contributed by atoms with Crippen molar-refractivity contribution in [1.29, 1.82) is 0 Å². The van der Waals surface area contributed by atoms with Crippen LogP contribution in [-0.2, 0) is 65.4 Å². The minimum absolute atomic E-state index is 0.0847. The molecule has 0 aliphatic rings. The second-order valence-corrected chi connectivity index (χ2v) is 30.8. The maximum atomic E-state index is 13.1. The topological polar surface area (TPSA) is 237 Å². The number of phosphoric acid groups is 2. The molecule has 0 aromatic rings. The number of unbranched alkanes of at least 4 members (excludes halogenated alkanes) is 36. The van der Waals surface area contributed by atoms with Crippen LogP contribution in [-0.4, -0.2) is 96.7 Å². The van der Waals surface area contributed by atoms with Gasteiger partial charge in [0.2, 0.25) is 0 Å².